The largest absolute Gasteiger partial charge is 0.455 e. The number of ether oxygens (including phenoxy) is 1. The van der Waals surface area contributed by atoms with Crippen LogP contribution in [0.1, 0.15) is 5.56 Å². The van der Waals surface area contributed by atoms with Crippen LogP contribution in [-0.4, -0.2) is 9.97 Å². The Labute approximate surface area is 109 Å². The third kappa shape index (κ3) is 2.93. The number of rotatable bonds is 3. The molecule has 0 spiro atoms. The van der Waals surface area contributed by atoms with Gasteiger partial charge in [-0.05, 0) is 24.3 Å². The van der Waals surface area contributed by atoms with Crippen molar-refractivity contribution in [2.45, 2.75) is 0 Å². The molecule has 2 aromatic rings. The first kappa shape index (κ1) is 11.8. The van der Waals surface area contributed by atoms with Gasteiger partial charge in [0.2, 0.25) is 0 Å². The van der Waals surface area contributed by atoms with E-state index in [0.717, 1.165) is 0 Å². The van der Waals surface area contributed by atoms with Crippen molar-refractivity contribution in [3.63, 3.8) is 0 Å². The van der Waals surface area contributed by atoms with Crippen LogP contribution >= 0.6 is 23.8 Å². The molecule has 0 saturated heterocycles. The zero-order valence-corrected chi connectivity index (χ0v) is 10.3. The van der Waals surface area contributed by atoms with Gasteiger partial charge in [0.05, 0.1) is 11.8 Å². The molecule has 0 fully saturated rings. The summed E-state index contributed by atoms with van der Waals surface area (Å²) in [5, 5.41) is 0.600. The molecule has 5 heteroatoms. The van der Waals surface area contributed by atoms with Crippen molar-refractivity contribution in [3.05, 3.63) is 53.3 Å². The number of hydrogen-bond donors (Lipinski definition) is 1. The highest BCUT2D eigenvalue weighted by Crippen LogP contribution is 2.26. The fourth-order valence-electron chi connectivity index (χ4n) is 1.32. The first-order valence-electron chi connectivity index (χ1n) is 4.84. The number of halogens is 1. The van der Waals surface area contributed by atoms with Crippen LogP contribution in [-0.2, 0) is 0 Å². The zero-order valence-electron chi connectivity index (χ0n) is 8.76. The third-order valence-corrected chi connectivity index (χ3v) is 2.53. The predicted octanol–water partition coefficient (Wildman–Crippen LogP) is 3.16. The second-order valence-corrected chi connectivity index (χ2v) is 4.17. The molecule has 0 amide bonds. The topological polar surface area (TPSA) is 48.1 Å². The van der Waals surface area contributed by atoms with Crippen LogP contribution in [0.5, 0.6) is 11.5 Å². The standard InChI is InChI=1S/C12H9ClN2OS/c13-8-2-1-3-9(6-8)16-11-7-15-5-4-10(11)12(14)17/h1-7H,(H2,14,17). The minimum Gasteiger partial charge on any atom is -0.455 e. The molecule has 2 rings (SSSR count). The second-order valence-electron chi connectivity index (χ2n) is 3.30. The summed E-state index contributed by atoms with van der Waals surface area (Å²) >= 11 is 10.8. The van der Waals surface area contributed by atoms with Gasteiger partial charge in [-0.1, -0.05) is 29.9 Å². The van der Waals surface area contributed by atoms with E-state index in [2.05, 4.69) is 4.98 Å². The number of aromatic nitrogens is 1. The van der Waals surface area contributed by atoms with Crippen molar-refractivity contribution < 1.29 is 4.74 Å². The fraction of sp³-hybridized carbons (Fsp3) is 0. The maximum atomic E-state index is 5.87. The number of nitrogens with zero attached hydrogens (tertiary/aromatic N) is 1. The Morgan fingerprint density at radius 2 is 2.18 bits per heavy atom. The Hall–Kier alpha value is -1.65. The normalized spacial score (nSPS) is 9.94. The van der Waals surface area contributed by atoms with Crippen LogP contribution in [0.4, 0.5) is 0 Å². The van der Waals surface area contributed by atoms with Crippen molar-refractivity contribution in [2.75, 3.05) is 0 Å². The van der Waals surface area contributed by atoms with E-state index in [9.17, 15) is 0 Å². The first-order valence-corrected chi connectivity index (χ1v) is 5.62. The molecule has 0 aliphatic heterocycles. The Morgan fingerprint density at radius 3 is 2.88 bits per heavy atom. The summed E-state index contributed by atoms with van der Waals surface area (Å²) in [6.07, 6.45) is 3.18. The lowest BCUT2D eigenvalue weighted by atomic mass is 10.2. The summed E-state index contributed by atoms with van der Waals surface area (Å²) in [7, 11) is 0. The van der Waals surface area contributed by atoms with Gasteiger partial charge in [0.25, 0.3) is 0 Å². The van der Waals surface area contributed by atoms with E-state index < -0.39 is 0 Å². The number of hydrogen-bond acceptors (Lipinski definition) is 3. The minimum absolute atomic E-state index is 0.268. The quantitative estimate of drug-likeness (QED) is 0.865. The molecule has 17 heavy (non-hydrogen) atoms. The lowest BCUT2D eigenvalue weighted by Gasteiger charge is -2.09. The van der Waals surface area contributed by atoms with Crippen molar-refractivity contribution in [1.82, 2.24) is 4.98 Å². The van der Waals surface area contributed by atoms with E-state index >= 15 is 0 Å². The van der Waals surface area contributed by atoms with E-state index in [1.165, 1.54) is 0 Å². The molecule has 1 aromatic carbocycles. The maximum absolute atomic E-state index is 5.87. The van der Waals surface area contributed by atoms with Gasteiger partial charge >= 0.3 is 0 Å². The zero-order chi connectivity index (χ0) is 12.3. The van der Waals surface area contributed by atoms with E-state index in [0.29, 0.717) is 22.1 Å². The Bertz CT molecular complexity index is 560. The summed E-state index contributed by atoms with van der Waals surface area (Å²) in [4.78, 5) is 4.24. The number of pyridine rings is 1. The monoisotopic (exact) mass is 264 g/mol. The molecule has 0 aliphatic carbocycles. The Morgan fingerprint density at radius 1 is 1.35 bits per heavy atom. The summed E-state index contributed by atoms with van der Waals surface area (Å²) in [5.41, 5.74) is 6.24. The SMILES string of the molecule is NC(=S)c1ccncc1Oc1cccc(Cl)c1. The first-order chi connectivity index (χ1) is 8.16. The smallest absolute Gasteiger partial charge is 0.155 e. The molecule has 0 unspecified atom stereocenters. The van der Waals surface area contributed by atoms with Crippen molar-refractivity contribution >= 4 is 28.8 Å². The molecule has 0 aliphatic rings. The fourth-order valence-corrected chi connectivity index (χ4v) is 1.67. The maximum Gasteiger partial charge on any atom is 0.155 e. The van der Waals surface area contributed by atoms with Gasteiger partial charge in [0, 0.05) is 11.2 Å². The van der Waals surface area contributed by atoms with E-state index in [1.54, 1.807) is 42.7 Å². The Balaban J connectivity index is 2.33. The van der Waals surface area contributed by atoms with E-state index in [-0.39, 0.29) is 4.99 Å². The molecule has 86 valence electrons. The molecule has 0 atom stereocenters. The van der Waals surface area contributed by atoms with Gasteiger partial charge < -0.3 is 10.5 Å². The van der Waals surface area contributed by atoms with Crippen LogP contribution in [0, 0.1) is 0 Å². The highest BCUT2D eigenvalue weighted by Gasteiger charge is 2.07. The summed E-state index contributed by atoms with van der Waals surface area (Å²) in [6, 6.07) is 8.78. The number of nitrogens with two attached hydrogens (primary N) is 1. The van der Waals surface area contributed by atoms with Gasteiger partial charge in [0.1, 0.15) is 10.7 Å². The van der Waals surface area contributed by atoms with Crippen molar-refractivity contribution in [2.24, 2.45) is 5.73 Å². The molecular weight excluding hydrogens is 256 g/mol. The van der Waals surface area contributed by atoms with Gasteiger partial charge in [-0.3, -0.25) is 4.98 Å². The average molecular weight is 265 g/mol. The van der Waals surface area contributed by atoms with Crippen LogP contribution in [0.25, 0.3) is 0 Å². The van der Waals surface area contributed by atoms with Crippen LogP contribution in [0.15, 0.2) is 42.7 Å². The molecule has 3 nitrogen and oxygen atoms in total. The Kier molecular flexibility index (Phi) is 3.56. The minimum atomic E-state index is 0.268. The molecule has 0 bridgehead atoms. The van der Waals surface area contributed by atoms with Crippen molar-refractivity contribution in [1.29, 1.82) is 0 Å². The van der Waals surface area contributed by atoms with Gasteiger partial charge in [-0.2, -0.15) is 0 Å². The number of thiocarbonyl (C=S) groups is 1. The van der Waals surface area contributed by atoms with Gasteiger partial charge in [-0.15, -0.1) is 0 Å². The van der Waals surface area contributed by atoms with E-state index in [1.807, 2.05) is 0 Å². The lowest BCUT2D eigenvalue weighted by molar-refractivity contribution is 0.479. The molecule has 2 N–H and O–H groups in total. The second kappa shape index (κ2) is 5.12. The predicted molar refractivity (Wildman–Crippen MR) is 71.7 cm³/mol. The number of benzene rings is 1. The molecule has 0 radical (unpaired) electrons. The molecular formula is C12H9ClN2OS. The summed E-state index contributed by atoms with van der Waals surface area (Å²) < 4.78 is 5.64. The molecule has 0 saturated carbocycles. The van der Waals surface area contributed by atoms with Gasteiger partial charge in [-0.25, -0.2) is 0 Å². The molecule has 1 aromatic heterocycles. The summed E-state index contributed by atoms with van der Waals surface area (Å²) in [5.74, 6) is 1.13. The highest BCUT2D eigenvalue weighted by molar-refractivity contribution is 7.80. The molecule has 1 heterocycles. The van der Waals surface area contributed by atoms with Gasteiger partial charge in [0.15, 0.2) is 5.75 Å². The van der Waals surface area contributed by atoms with Crippen LogP contribution in [0.2, 0.25) is 5.02 Å². The van der Waals surface area contributed by atoms with Crippen LogP contribution in [0.3, 0.4) is 0 Å². The summed E-state index contributed by atoms with van der Waals surface area (Å²) in [6.45, 7) is 0. The lowest BCUT2D eigenvalue weighted by Crippen LogP contribution is -2.10. The third-order valence-electron chi connectivity index (χ3n) is 2.07. The van der Waals surface area contributed by atoms with Crippen LogP contribution < -0.4 is 10.5 Å². The highest BCUT2D eigenvalue weighted by atomic mass is 35.5. The van der Waals surface area contributed by atoms with E-state index in [4.69, 9.17) is 34.3 Å². The average Bonchev–Trinajstić information content (AvgIpc) is 2.29. The van der Waals surface area contributed by atoms with Crippen molar-refractivity contribution in [3.8, 4) is 11.5 Å².